The van der Waals surface area contributed by atoms with Gasteiger partial charge in [0.05, 0.1) is 0 Å². The Labute approximate surface area is 128 Å². The molecular formula is C17H38ClN. The standard InChI is InChI=1S/C17H37N.ClH/c1-5-7-8-9-10-11-12-13-14-16-17(15-6-2)18(3)4;/h17H,5-16H2,1-4H3;1H. The van der Waals surface area contributed by atoms with Gasteiger partial charge in [-0.2, -0.15) is 0 Å². The maximum Gasteiger partial charge on any atom is 0.00890 e. The third-order valence-corrected chi connectivity index (χ3v) is 3.99. The van der Waals surface area contributed by atoms with Gasteiger partial charge in [-0.05, 0) is 26.9 Å². The first kappa shape index (κ1) is 21.5. The highest BCUT2D eigenvalue weighted by Crippen LogP contribution is 2.15. The van der Waals surface area contributed by atoms with Crippen molar-refractivity contribution < 1.29 is 0 Å². The number of nitrogens with zero attached hydrogens (tertiary/aromatic N) is 1. The zero-order valence-corrected chi connectivity index (χ0v) is 14.7. The summed E-state index contributed by atoms with van der Waals surface area (Å²) in [6.07, 6.45) is 17.1. The summed E-state index contributed by atoms with van der Waals surface area (Å²) < 4.78 is 0. The van der Waals surface area contributed by atoms with Gasteiger partial charge in [0, 0.05) is 6.04 Å². The molecule has 1 unspecified atom stereocenters. The summed E-state index contributed by atoms with van der Waals surface area (Å²) in [6, 6.07) is 0.819. The smallest absolute Gasteiger partial charge is 0.00890 e. The lowest BCUT2D eigenvalue weighted by atomic mass is 10.0. The summed E-state index contributed by atoms with van der Waals surface area (Å²) in [5.41, 5.74) is 0. The van der Waals surface area contributed by atoms with Gasteiger partial charge in [-0.1, -0.05) is 78.1 Å². The van der Waals surface area contributed by atoms with Gasteiger partial charge in [0.25, 0.3) is 0 Å². The zero-order chi connectivity index (χ0) is 13.6. The van der Waals surface area contributed by atoms with Gasteiger partial charge in [-0.3, -0.25) is 0 Å². The molecule has 0 aromatic heterocycles. The molecule has 0 aromatic carbocycles. The first-order valence-electron chi connectivity index (χ1n) is 8.38. The molecule has 0 aromatic rings. The highest BCUT2D eigenvalue weighted by Gasteiger charge is 2.08. The average molecular weight is 292 g/mol. The number of rotatable bonds is 13. The maximum absolute atomic E-state index is 2.41. The highest BCUT2D eigenvalue weighted by atomic mass is 35.5. The molecular weight excluding hydrogens is 254 g/mol. The van der Waals surface area contributed by atoms with E-state index in [-0.39, 0.29) is 12.4 Å². The molecule has 0 aliphatic carbocycles. The molecule has 0 fully saturated rings. The Morgan fingerprint density at radius 2 is 1.11 bits per heavy atom. The van der Waals surface area contributed by atoms with Crippen LogP contribution in [0.4, 0.5) is 0 Å². The molecule has 0 saturated carbocycles. The quantitative estimate of drug-likeness (QED) is 0.373. The van der Waals surface area contributed by atoms with Crippen LogP contribution >= 0.6 is 12.4 Å². The molecule has 19 heavy (non-hydrogen) atoms. The van der Waals surface area contributed by atoms with Crippen LogP contribution in [0, 0.1) is 0 Å². The molecule has 1 nitrogen and oxygen atoms in total. The van der Waals surface area contributed by atoms with Crippen LogP contribution < -0.4 is 0 Å². The van der Waals surface area contributed by atoms with Crippen molar-refractivity contribution in [3.63, 3.8) is 0 Å². The van der Waals surface area contributed by atoms with Gasteiger partial charge in [0.2, 0.25) is 0 Å². The Hall–Kier alpha value is 0.250. The molecule has 0 spiro atoms. The van der Waals surface area contributed by atoms with Gasteiger partial charge in [0.1, 0.15) is 0 Å². The lowest BCUT2D eigenvalue weighted by Crippen LogP contribution is -2.27. The lowest BCUT2D eigenvalue weighted by Gasteiger charge is -2.23. The van der Waals surface area contributed by atoms with Crippen LogP contribution in [-0.4, -0.2) is 25.0 Å². The summed E-state index contributed by atoms with van der Waals surface area (Å²) >= 11 is 0. The summed E-state index contributed by atoms with van der Waals surface area (Å²) in [4.78, 5) is 2.41. The second-order valence-corrected chi connectivity index (χ2v) is 6.02. The van der Waals surface area contributed by atoms with Crippen molar-refractivity contribution in [2.24, 2.45) is 0 Å². The van der Waals surface area contributed by atoms with E-state index in [0.717, 1.165) is 6.04 Å². The minimum absolute atomic E-state index is 0. The van der Waals surface area contributed by atoms with E-state index >= 15 is 0 Å². The lowest BCUT2D eigenvalue weighted by molar-refractivity contribution is 0.256. The van der Waals surface area contributed by atoms with Crippen molar-refractivity contribution >= 4 is 12.4 Å². The molecule has 0 heterocycles. The Morgan fingerprint density at radius 3 is 1.53 bits per heavy atom. The molecule has 1 atom stereocenters. The van der Waals surface area contributed by atoms with Gasteiger partial charge in [-0.15, -0.1) is 12.4 Å². The third-order valence-electron chi connectivity index (χ3n) is 3.99. The van der Waals surface area contributed by atoms with Gasteiger partial charge >= 0.3 is 0 Å². The number of unbranched alkanes of at least 4 members (excludes halogenated alkanes) is 8. The average Bonchev–Trinajstić information content (AvgIpc) is 2.35. The fraction of sp³-hybridized carbons (Fsp3) is 1.00. The predicted molar refractivity (Wildman–Crippen MR) is 91.5 cm³/mol. The minimum atomic E-state index is 0. The highest BCUT2D eigenvalue weighted by molar-refractivity contribution is 5.85. The zero-order valence-electron chi connectivity index (χ0n) is 13.9. The topological polar surface area (TPSA) is 3.24 Å². The van der Waals surface area contributed by atoms with E-state index in [9.17, 15) is 0 Å². The molecule has 0 N–H and O–H groups in total. The van der Waals surface area contributed by atoms with Crippen LogP contribution in [0.25, 0.3) is 0 Å². The maximum atomic E-state index is 2.41. The molecule has 2 heteroatoms. The Bertz CT molecular complexity index is 159. The first-order chi connectivity index (χ1) is 8.72. The van der Waals surface area contributed by atoms with Gasteiger partial charge < -0.3 is 4.90 Å². The fourth-order valence-corrected chi connectivity index (χ4v) is 2.68. The van der Waals surface area contributed by atoms with E-state index in [1.54, 1.807) is 0 Å². The van der Waals surface area contributed by atoms with Crippen LogP contribution in [0.15, 0.2) is 0 Å². The van der Waals surface area contributed by atoms with E-state index in [0.29, 0.717) is 0 Å². The number of hydrogen-bond donors (Lipinski definition) is 0. The first-order valence-corrected chi connectivity index (χ1v) is 8.38. The predicted octanol–water partition coefficient (Wildman–Crippen LogP) is 6.06. The number of halogens is 1. The monoisotopic (exact) mass is 291 g/mol. The molecule has 118 valence electrons. The largest absolute Gasteiger partial charge is 0.306 e. The summed E-state index contributed by atoms with van der Waals surface area (Å²) in [7, 11) is 4.46. The molecule has 0 rings (SSSR count). The second-order valence-electron chi connectivity index (χ2n) is 6.02. The van der Waals surface area contributed by atoms with Crippen molar-refractivity contribution in [2.75, 3.05) is 14.1 Å². The van der Waals surface area contributed by atoms with Crippen LogP contribution in [0.2, 0.25) is 0 Å². The molecule has 0 bridgehead atoms. The molecule has 0 radical (unpaired) electrons. The van der Waals surface area contributed by atoms with E-state index in [2.05, 4.69) is 32.8 Å². The van der Waals surface area contributed by atoms with Crippen LogP contribution in [0.1, 0.15) is 90.9 Å². The van der Waals surface area contributed by atoms with Crippen LogP contribution in [0.3, 0.4) is 0 Å². The second kappa shape index (κ2) is 16.3. The van der Waals surface area contributed by atoms with Crippen LogP contribution in [0.5, 0.6) is 0 Å². The van der Waals surface area contributed by atoms with E-state index in [1.165, 1.54) is 77.0 Å². The Balaban J connectivity index is 0. The summed E-state index contributed by atoms with van der Waals surface area (Å²) in [5.74, 6) is 0. The normalized spacial score (nSPS) is 12.5. The Morgan fingerprint density at radius 1 is 0.632 bits per heavy atom. The van der Waals surface area contributed by atoms with E-state index in [4.69, 9.17) is 0 Å². The van der Waals surface area contributed by atoms with Crippen molar-refractivity contribution in [3.8, 4) is 0 Å². The number of hydrogen-bond acceptors (Lipinski definition) is 1. The van der Waals surface area contributed by atoms with Crippen molar-refractivity contribution in [2.45, 2.75) is 96.9 Å². The van der Waals surface area contributed by atoms with E-state index in [1.807, 2.05) is 0 Å². The molecule has 0 aliphatic heterocycles. The van der Waals surface area contributed by atoms with Crippen molar-refractivity contribution in [1.29, 1.82) is 0 Å². The van der Waals surface area contributed by atoms with E-state index < -0.39 is 0 Å². The molecule has 0 amide bonds. The minimum Gasteiger partial charge on any atom is -0.306 e. The van der Waals surface area contributed by atoms with Crippen LogP contribution in [-0.2, 0) is 0 Å². The van der Waals surface area contributed by atoms with Crippen molar-refractivity contribution in [3.05, 3.63) is 0 Å². The molecule has 0 saturated heterocycles. The summed E-state index contributed by atoms with van der Waals surface area (Å²) in [5, 5.41) is 0. The Kier molecular flexibility index (Phi) is 18.5. The SMILES string of the molecule is CCCCCCCCCCCC(CCC)N(C)C.Cl. The fourth-order valence-electron chi connectivity index (χ4n) is 2.68. The molecule has 0 aliphatic rings. The third kappa shape index (κ3) is 14.5. The van der Waals surface area contributed by atoms with Gasteiger partial charge in [0.15, 0.2) is 0 Å². The summed E-state index contributed by atoms with van der Waals surface area (Å²) in [6.45, 7) is 4.59. The van der Waals surface area contributed by atoms with Gasteiger partial charge in [-0.25, -0.2) is 0 Å². The van der Waals surface area contributed by atoms with Crippen molar-refractivity contribution in [1.82, 2.24) is 4.90 Å².